The van der Waals surface area contributed by atoms with Crippen LogP contribution in [0, 0.1) is 35.5 Å². The summed E-state index contributed by atoms with van der Waals surface area (Å²) < 4.78 is 88.6. The monoisotopic (exact) mass is 1460 g/mol. The molecular formula is C74H132N4O24. The van der Waals surface area contributed by atoms with Gasteiger partial charge in [0, 0.05) is 63.8 Å². The van der Waals surface area contributed by atoms with Gasteiger partial charge in [-0.25, -0.2) is 0 Å². The van der Waals surface area contributed by atoms with Gasteiger partial charge >= 0.3 is 11.9 Å². The van der Waals surface area contributed by atoms with E-state index >= 15 is 0 Å². The zero-order chi connectivity index (χ0) is 76.8. The number of carbonyl (C=O) groups is 2. The maximum Gasteiger partial charge on any atom is 0.311 e. The van der Waals surface area contributed by atoms with E-state index in [4.69, 9.17) is 76.3 Å². The minimum atomic E-state index is -1.87. The Morgan fingerprint density at radius 3 is 1.30 bits per heavy atom. The number of aliphatic hydroxyl groups is 8. The van der Waals surface area contributed by atoms with Crippen LogP contribution in [0.4, 0.5) is 0 Å². The fraction of sp³-hybridized carbons (Fsp3) is 0.946. The average molecular weight is 1460 g/mol. The highest BCUT2D eigenvalue weighted by Gasteiger charge is 2.60. The van der Waals surface area contributed by atoms with E-state index in [0.717, 1.165) is 0 Å². The number of ether oxygens (including phenoxy) is 14. The fourth-order valence-electron chi connectivity index (χ4n) is 17.3. The third-order valence-electron chi connectivity index (χ3n) is 23.8. The molecule has 0 aliphatic carbocycles. The first kappa shape index (κ1) is 86.3. The summed E-state index contributed by atoms with van der Waals surface area (Å²) in [6.07, 6.45) is -15.4. The second-order valence-corrected chi connectivity index (χ2v) is 33.1. The van der Waals surface area contributed by atoms with Gasteiger partial charge in [-0.05, 0) is 151 Å². The number of esters is 2. The molecule has 0 radical (unpaired) electrons. The van der Waals surface area contributed by atoms with Crippen molar-refractivity contribution >= 4 is 23.7 Å². The number of aliphatic hydroxyl groups excluding tert-OH is 6. The van der Waals surface area contributed by atoms with E-state index < -0.39 is 198 Å². The van der Waals surface area contributed by atoms with Crippen LogP contribution in [-0.2, 0) is 75.9 Å². The van der Waals surface area contributed by atoms with Crippen molar-refractivity contribution in [2.45, 2.75) is 370 Å². The Bertz CT molecular complexity index is 2800. The van der Waals surface area contributed by atoms with Gasteiger partial charge in [-0.1, -0.05) is 41.5 Å². The maximum atomic E-state index is 14.2. The standard InChI is InChI=1S/2C37H66N2O12/c1-14-25-37(10,44)29(41)22(6)32-38-18(2)16-36(9,51-32)31(50-34-27(40)24(39(11)12)15-19(3)46-34)20(4)28(21(5)33(43)48-25)49-26-17-35(8,45-13)30(42)23(7)47-26;1-14-25-37(10)29(41)22(6)32(51-37)38-18(2)16-35(8,44)31(50-34-27(40)24(39(11)12)15-19(3)46-34)20(4)28(21(5)33(43)48-25)49-26-17-36(9,45-13)30(42)23(7)47-26/h2*18-31,34,40-42,44H,14-17H2,1-13H3/t2*18-,19-,20+,21-,22-,23+,24+,25-,26+,27-,28+,29-,30+,31-,34+,35-,36-,37+/m11/s1. The van der Waals surface area contributed by atoms with Gasteiger partial charge in [0.25, 0.3) is 0 Å². The molecule has 102 heavy (non-hydrogen) atoms. The summed E-state index contributed by atoms with van der Waals surface area (Å²) in [6, 6.07) is -1.30. The van der Waals surface area contributed by atoms with Crippen LogP contribution < -0.4 is 0 Å². The number of fused-ring (bicyclic) bond motifs is 4. The average Bonchev–Trinajstić information content (AvgIpc) is 1.35. The molecule has 28 nitrogen and oxygen atoms in total. The number of hydrogen-bond acceptors (Lipinski definition) is 28. The molecule has 0 aromatic carbocycles. The molecule has 4 bridgehead atoms. The van der Waals surface area contributed by atoms with Crippen molar-refractivity contribution in [1.29, 1.82) is 0 Å². The van der Waals surface area contributed by atoms with E-state index in [1.54, 1.807) is 69.2 Å². The molecule has 8 heterocycles. The molecule has 0 aromatic rings. The summed E-state index contributed by atoms with van der Waals surface area (Å²) in [5, 5.41) is 92.2. The minimum Gasteiger partial charge on any atom is -0.472 e. The van der Waals surface area contributed by atoms with Crippen LogP contribution in [0.2, 0.25) is 0 Å². The van der Waals surface area contributed by atoms with Crippen LogP contribution in [0.5, 0.6) is 0 Å². The van der Waals surface area contributed by atoms with E-state index in [-0.39, 0.29) is 61.9 Å². The summed E-state index contributed by atoms with van der Waals surface area (Å²) in [5.41, 5.74) is -7.90. The lowest BCUT2D eigenvalue weighted by Crippen LogP contribution is -2.62. The predicted octanol–water partition coefficient (Wildman–Crippen LogP) is 4.81. The Morgan fingerprint density at radius 1 is 0.490 bits per heavy atom. The number of methoxy groups -OCH3 is 2. The number of likely N-dealkylation sites (N-methyl/N-ethyl adjacent to an activating group) is 2. The molecule has 36 atom stereocenters. The first-order chi connectivity index (χ1) is 47.2. The SMILES string of the molecule is CC[C@H]1OC(=O)[C@H](C)[C@@H](O[C@H]2C[C@@](C)(OC)[C@@H](O)[C@H](C)O2)[C@H](C)[C@@H](O[C@@H]2O[C@H](C)C[C@H](N(C)C)[C@H]2O)[C@@]2(C)C[C@@H](C)N=C(O2)[C@H](C)[C@@H](O)[C@@]1(C)O.CC[C@H]1OC(=O)[C@H](C)[C@@H](O[C@H]2C[C@@](C)(OC)[C@@H](O)[C@H](C)O2)[C@H](C)[C@@H](O[C@@H]2O[C@H](C)C[C@H](N(C)C)[C@H]2O)[C@](C)(O)C[C@@H](C)N=C2O[C@]1(C)[C@H](O)[C@H]2C. The first-order valence-corrected chi connectivity index (χ1v) is 37.3. The number of cyclic esters (lactones) is 2. The highest BCUT2D eigenvalue weighted by atomic mass is 16.7. The quantitative estimate of drug-likeness (QED) is 0.108. The van der Waals surface area contributed by atoms with Crippen molar-refractivity contribution in [2.75, 3.05) is 42.4 Å². The summed E-state index contributed by atoms with van der Waals surface area (Å²) in [4.78, 5) is 41.9. The molecule has 0 spiro atoms. The predicted molar refractivity (Wildman–Crippen MR) is 376 cm³/mol. The summed E-state index contributed by atoms with van der Waals surface area (Å²) in [5.74, 6) is -5.26. The summed E-state index contributed by atoms with van der Waals surface area (Å²) >= 11 is 0. The summed E-state index contributed by atoms with van der Waals surface area (Å²) in [6.45, 7) is 35.6. The van der Waals surface area contributed by atoms with Crippen LogP contribution in [-0.4, -0.2) is 297 Å². The van der Waals surface area contributed by atoms with Crippen molar-refractivity contribution in [2.24, 2.45) is 45.5 Å². The summed E-state index contributed by atoms with van der Waals surface area (Å²) in [7, 11) is 10.6. The van der Waals surface area contributed by atoms with Crippen molar-refractivity contribution in [3.8, 4) is 0 Å². The Kier molecular flexibility index (Phi) is 28.7. The molecule has 0 saturated carbocycles. The molecule has 8 aliphatic heterocycles. The zero-order valence-electron chi connectivity index (χ0n) is 65.9. The van der Waals surface area contributed by atoms with Gasteiger partial charge in [0.1, 0.15) is 60.0 Å². The van der Waals surface area contributed by atoms with Gasteiger partial charge < -0.3 is 117 Å². The largest absolute Gasteiger partial charge is 0.472 e. The van der Waals surface area contributed by atoms with Crippen molar-refractivity contribution in [3.05, 3.63) is 0 Å². The molecule has 8 rings (SSSR count). The van der Waals surface area contributed by atoms with Gasteiger partial charge in [-0.2, -0.15) is 0 Å². The van der Waals surface area contributed by atoms with Gasteiger partial charge in [-0.3, -0.25) is 19.6 Å². The van der Waals surface area contributed by atoms with E-state index in [1.807, 2.05) is 100 Å². The van der Waals surface area contributed by atoms with Gasteiger partial charge in [0.15, 0.2) is 42.6 Å². The maximum absolute atomic E-state index is 14.2. The molecular weight excluding hydrogens is 1330 g/mol. The van der Waals surface area contributed by atoms with Crippen LogP contribution in [0.1, 0.15) is 190 Å². The lowest BCUT2D eigenvalue weighted by atomic mass is 9.78. The van der Waals surface area contributed by atoms with E-state index in [9.17, 15) is 50.4 Å². The number of rotatable bonds is 14. The lowest BCUT2D eigenvalue weighted by molar-refractivity contribution is -0.317. The van der Waals surface area contributed by atoms with Crippen molar-refractivity contribution in [1.82, 2.24) is 9.80 Å². The Labute approximate surface area is 606 Å². The number of hydrogen-bond donors (Lipinski definition) is 8. The van der Waals surface area contributed by atoms with Gasteiger partial charge in [0.05, 0.1) is 101 Å². The Hall–Kier alpha value is -2.92. The number of aliphatic imine (C=N–C) groups is 2. The highest BCUT2D eigenvalue weighted by Crippen LogP contribution is 2.46. The smallest absolute Gasteiger partial charge is 0.311 e. The van der Waals surface area contributed by atoms with E-state index in [1.165, 1.54) is 21.1 Å². The molecule has 0 aromatic heterocycles. The molecule has 592 valence electrons. The van der Waals surface area contributed by atoms with Crippen LogP contribution in [0.25, 0.3) is 0 Å². The normalized spacial score (nSPS) is 50.3. The highest BCUT2D eigenvalue weighted by molar-refractivity contribution is 5.83. The molecule has 6 saturated heterocycles. The molecule has 8 N–H and O–H groups in total. The minimum absolute atomic E-state index is 0.0948. The lowest BCUT2D eigenvalue weighted by Gasteiger charge is -2.50. The first-order valence-electron chi connectivity index (χ1n) is 37.3. The molecule has 6 fully saturated rings. The van der Waals surface area contributed by atoms with E-state index in [0.29, 0.717) is 31.6 Å². The molecule has 0 unspecified atom stereocenters. The molecule has 28 heteroatoms. The Balaban J connectivity index is 0.000000286. The van der Waals surface area contributed by atoms with Crippen LogP contribution >= 0.6 is 0 Å². The Morgan fingerprint density at radius 2 is 0.882 bits per heavy atom. The van der Waals surface area contributed by atoms with E-state index in [2.05, 4.69) is 0 Å². The third kappa shape index (κ3) is 18.3. The van der Waals surface area contributed by atoms with Crippen molar-refractivity contribution < 1.29 is 117 Å². The van der Waals surface area contributed by atoms with Crippen LogP contribution in [0.15, 0.2) is 9.98 Å². The second-order valence-electron chi connectivity index (χ2n) is 33.1. The second kappa shape index (κ2) is 33.9. The van der Waals surface area contributed by atoms with Crippen molar-refractivity contribution in [3.63, 3.8) is 0 Å². The molecule has 0 amide bonds. The fourth-order valence-corrected chi connectivity index (χ4v) is 17.3. The number of nitrogens with zero attached hydrogens (tertiary/aromatic N) is 4. The van der Waals surface area contributed by atoms with Gasteiger partial charge in [-0.15, -0.1) is 0 Å². The zero-order valence-corrected chi connectivity index (χ0v) is 65.9. The van der Waals surface area contributed by atoms with Crippen LogP contribution in [0.3, 0.4) is 0 Å². The third-order valence-corrected chi connectivity index (χ3v) is 23.8. The molecule has 8 aliphatic rings. The number of carbonyl (C=O) groups excluding carboxylic acids is 2. The topological polar surface area (TPSA) is 356 Å². The van der Waals surface area contributed by atoms with Gasteiger partial charge in [0.2, 0.25) is 0 Å².